The molecule has 1 aromatic heterocycles. The summed E-state index contributed by atoms with van der Waals surface area (Å²) in [5.41, 5.74) is 7.08. The van der Waals surface area contributed by atoms with E-state index in [9.17, 15) is 4.39 Å². The molecule has 0 radical (unpaired) electrons. The number of anilines is 1. The first-order valence-corrected chi connectivity index (χ1v) is 3.65. The van der Waals surface area contributed by atoms with Gasteiger partial charge in [0.15, 0.2) is 5.82 Å². The van der Waals surface area contributed by atoms with Crippen molar-refractivity contribution in [2.75, 3.05) is 5.73 Å². The molecule has 2 rings (SSSR count). The summed E-state index contributed by atoms with van der Waals surface area (Å²) in [7, 11) is 1.80. The van der Waals surface area contributed by atoms with Gasteiger partial charge in [0.05, 0.1) is 5.56 Å². The summed E-state index contributed by atoms with van der Waals surface area (Å²) in [6.07, 6.45) is 0.432. The second kappa shape index (κ2) is 1.96. The number of fused-ring (bicyclic) bond motifs is 1. The fourth-order valence-electron chi connectivity index (χ4n) is 1.64. The minimum atomic E-state index is -0.890. The zero-order chi connectivity index (χ0) is 8.01. The van der Waals surface area contributed by atoms with E-state index < -0.39 is 6.17 Å². The lowest BCUT2D eigenvalue weighted by atomic mass is 10.2. The third-order valence-corrected chi connectivity index (χ3v) is 2.18. The quantitative estimate of drug-likeness (QED) is 0.606. The Hall–Kier alpha value is -1.06. The molecule has 2 N–H and O–H groups in total. The SMILES string of the molecule is Cn1nc(N)c2c1CCC2F. The van der Waals surface area contributed by atoms with Gasteiger partial charge in [0.2, 0.25) is 0 Å². The van der Waals surface area contributed by atoms with Gasteiger partial charge in [-0.05, 0) is 12.8 Å². The monoisotopic (exact) mass is 155 g/mol. The Morgan fingerprint density at radius 3 is 3.09 bits per heavy atom. The molecule has 0 saturated heterocycles. The molecule has 60 valence electrons. The highest BCUT2D eigenvalue weighted by Gasteiger charge is 2.28. The average Bonchev–Trinajstić information content (AvgIpc) is 2.41. The second-order valence-electron chi connectivity index (χ2n) is 2.88. The van der Waals surface area contributed by atoms with Gasteiger partial charge in [-0.1, -0.05) is 0 Å². The molecule has 0 spiro atoms. The minimum Gasteiger partial charge on any atom is -0.382 e. The number of nitrogen functional groups attached to an aromatic ring is 1. The first-order chi connectivity index (χ1) is 5.20. The Morgan fingerprint density at radius 2 is 2.45 bits per heavy atom. The number of nitrogens with zero attached hydrogens (tertiary/aromatic N) is 2. The molecule has 1 aromatic rings. The van der Waals surface area contributed by atoms with Crippen LogP contribution >= 0.6 is 0 Å². The Kier molecular flexibility index (Phi) is 1.19. The van der Waals surface area contributed by atoms with Crippen molar-refractivity contribution in [2.45, 2.75) is 19.0 Å². The number of alkyl halides is 1. The van der Waals surface area contributed by atoms with Crippen LogP contribution in [0.5, 0.6) is 0 Å². The summed E-state index contributed by atoms with van der Waals surface area (Å²) in [6, 6.07) is 0. The lowest BCUT2D eigenvalue weighted by Crippen LogP contribution is -1.97. The van der Waals surface area contributed by atoms with Crippen molar-refractivity contribution >= 4 is 5.82 Å². The van der Waals surface area contributed by atoms with Crippen molar-refractivity contribution in [3.05, 3.63) is 11.3 Å². The van der Waals surface area contributed by atoms with Gasteiger partial charge in [-0.2, -0.15) is 5.10 Å². The van der Waals surface area contributed by atoms with E-state index in [1.165, 1.54) is 0 Å². The van der Waals surface area contributed by atoms with Crippen molar-refractivity contribution in [3.8, 4) is 0 Å². The highest BCUT2D eigenvalue weighted by atomic mass is 19.1. The summed E-state index contributed by atoms with van der Waals surface area (Å²) in [4.78, 5) is 0. The fraction of sp³-hybridized carbons (Fsp3) is 0.571. The van der Waals surface area contributed by atoms with Crippen LogP contribution < -0.4 is 5.73 Å². The van der Waals surface area contributed by atoms with Crippen LogP contribution in [0.4, 0.5) is 10.2 Å². The van der Waals surface area contributed by atoms with Gasteiger partial charge in [0.25, 0.3) is 0 Å². The fourth-order valence-corrected chi connectivity index (χ4v) is 1.64. The summed E-state index contributed by atoms with van der Waals surface area (Å²) in [6.45, 7) is 0. The van der Waals surface area contributed by atoms with Crippen LogP contribution in [0.3, 0.4) is 0 Å². The molecule has 1 atom stereocenters. The van der Waals surface area contributed by atoms with Gasteiger partial charge >= 0.3 is 0 Å². The number of rotatable bonds is 0. The van der Waals surface area contributed by atoms with Crippen molar-refractivity contribution in [3.63, 3.8) is 0 Å². The van der Waals surface area contributed by atoms with Gasteiger partial charge in [-0.15, -0.1) is 0 Å². The second-order valence-corrected chi connectivity index (χ2v) is 2.88. The van der Waals surface area contributed by atoms with E-state index in [0.29, 0.717) is 17.8 Å². The van der Waals surface area contributed by atoms with Crippen LogP contribution in [0.1, 0.15) is 23.8 Å². The highest BCUT2D eigenvalue weighted by molar-refractivity contribution is 5.46. The van der Waals surface area contributed by atoms with E-state index in [0.717, 1.165) is 12.1 Å². The van der Waals surface area contributed by atoms with E-state index in [1.807, 2.05) is 0 Å². The van der Waals surface area contributed by atoms with Crippen LogP contribution in [0.2, 0.25) is 0 Å². The van der Waals surface area contributed by atoms with Crippen molar-refractivity contribution in [2.24, 2.45) is 7.05 Å². The maximum atomic E-state index is 13.1. The summed E-state index contributed by atoms with van der Waals surface area (Å²) < 4.78 is 14.7. The lowest BCUT2D eigenvalue weighted by molar-refractivity contribution is 0.344. The largest absolute Gasteiger partial charge is 0.382 e. The molecule has 0 amide bonds. The molecule has 0 bridgehead atoms. The maximum Gasteiger partial charge on any atom is 0.151 e. The van der Waals surface area contributed by atoms with Crippen molar-refractivity contribution < 1.29 is 4.39 Å². The van der Waals surface area contributed by atoms with Gasteiger partial charge in [-0.3, -0.25) is 4.68 Å². The molecule has 1 unspecified atom stereocenters. The molecule has 3 nitrogen and oxygen atoms in total. The molecule has 4 heteroatoms. The summed E-state index contributed by atoms with van der Waals surface area (Å²) in [5.74, 6) is 0.354. The van der Waals surface area contributed by atoms with E-state index in [4.69, 9.17) is 5.73 Å². The highest BCUT2D eigenvalue weighted by Crippen LogP contribution is 2.37. The number of halogens is 1. The van der Waals surface area contributed by atoms with Crippen molar-refractivity contribution in [1.82, 2.24) is 9.78 Å². The zero-order valence-electron chi connectivity index (χ0n) is 6.34. The van der Waals surface area contributed by atoms with Gasteiger partial charge in [-0.25, -0.2) is 4.39 Å². The number of nitrogens with two attached hydrogens (primary N) is 1. The molecule has 1 heterocycles. The van der Waals surface area contributed by atoms with Gasteiger partial charge < -0.3 is 5.73 Å². The van der Waals surface area contributed by atoms with Crippen LogP contribution in [0.15, 0.2) is 0 Å². The number of hydrogen-bond donors (Lipinski definition) is 1. The standard InChI is InChI=1S/C7H10FN3/c1-11-5-3-2-4(8)6(5)7(9)10-11/h4H,2-3H2,1H3,(H2,9,10). The average molecular weight is 155 g/mol. The first-order valence-electron chi connectivity index (χ1n) is 3.65. The van der Waals surface area contributed by atoms with E-state index in [-0.39, 0.29) is 0 Å². The predicted molar refractivity (Wildman–Crippen MR) is 39.8 cm³/mol. The summed E-state index contributed by atoms with van der Waals surface area (Å²) >= 11 is 0. The molecular formula is C7H10FN3. The third kappa shape index (κ3) is 0.751. The predicted octanol–water partition coefficient (Wildman–Crippen LogP) is 0.959. The molecule has 1 aliphatic rings. The van der Waals surface area contributed by atoms with Crippen LogP contribution in [-0.4, -0.2) is 9.78 Å². The topological polar surface area (TPSA) is 43.8 Å². The molecule has 0 aliphatic heterocycles. The van der Waals surface area contributed by atoms with Gasteiger partial charge in [0.1, 0.15) is 6.17 Å². The molecular weight excluding hydrogens is 145 g/mol. The normalized spacial score (nSPS) is 22.2. The van der Waals surface area contributed by atoms with Crippen LogP contribution in [0.25, 0.3) is 0 Å². The smallest absolute Gasteiger partial charge is 0.151 e. The number of aryl methyl sites for hydroxylation is 1. The Labute approximate surface area is 64.0 Å². The zero-order valence-corrected chi connectivity index (χ0v) is 6.34. The third-order valence-electron chi connectivity index (χ3n) is 2.18. The Bertz CT molecular complexity index is 292. The number of hydrogen-bond acceptors (Lipinski definition) is 2. The van der Waals surface area contributed by atoms with Crippen molar-refractivity contribution in [1.29, 1.82) is 0 Å². The van der Waals surface area contributed by atoms with Gasteiger partial charge in [0, 0.05) is 12.7 Å². The van der Waals surface area contributed by atoms with Crippen LogP contribution in [0, 0.1) is 0 Å². The molecule has 0 saturated carbocycles. The Morgan fingerprint density at radius 1 is 1.73 bits per heavy atom. The van der Waals surface area contributed by atoms with Crippen LogP contribution in [-0.2, 0) is 13.5 Å². The molecule has 1 aliphatic carbocycles. The van der Waals surface area contributed by atoms with E-state index >= 15 is 0 Å². The minimum absolute atomic E-state index is 0.354. The van der Waals surface area contributed by atoms with E-state index in [2.05, 4.69) is 5.10 Å². The molecule has 0 aromatic carbocycles. The number of aromatic nitrogens is 2. The Balaban J connectivity index is 2.60. The van der Waals surface area contributed by atoms with E-state index in [1.54, 1.807) is 11.7 Å². The summed E-state index contributed by atoms with van der Waals surface area (Å²) in [5, 5.41) is 3.94. The lowest BCUT2D eigenvalue weighted by Gasteiger charge is -1.95. The first kappa shape index (κ1) is 6.64. The maximum absolute atomic E-state index is 13.1. The molecule has 11 heavy (non-hydrogen) atoms. The molecule has 0 fully saturated rings.